The predicted octanol–water partition coefficient (Wildman–Crippen LogP) is -4.28. The fraction of sp³-hybridized carbons (Fsp3) is 0.625. The van der Waals surface area contributed by atoms with Crippen LogP contribution in [-0.4, -0.2) is 87.1 Å². The lowest BCUT2D eigenvalue weighted by atomic mass is 10.2. The van der Waals surface area contributed by atoms with Crippen LogP contribution in [0.15, 0.2) is 22.2 Å². The summed E-state index contributed by atoms with van der Waals surface area (Å²) in [6.45, 7) is -0.607. The van der Waals surface area contributed by atoms with Gasteiger partial charge >= 0.3 is 11.4 Å². The highest BCUT2D eigenvalue weighted by Crippen LogP contribution is 2.27. The molecule has 2 aromatic heterocycles. The van der Waals surface area contributed by atoms with Gasteiger partial charge in [-0.1, -0.05) is 0 Å². The van der Waals surface area contributed by atoms with Gasteiger partial charge in [0, 0.05) is 12.8 Å². The number of anilines is 2. The molecule has 16 nitrogen and oxygen atoms in total. The Labute approximate surface area is 179 Å². The number of aromatic nitrogens is 6. The molecule has 0 saturated carbocycles. The first-order valence-corrected chi connectivity index (χ1v) is 9.53. The summed E-state index contributed by atoms with van der Waals surface area (Å²) in [6.07, 6.45) is -1.48. The summed E-state index contributed by atoms with van der Waals surface area (Å²) >= 11 is 0. The van der Waals surface area contributed by atoms with Crippen molar-refractivity contribution in [3.05, 3.63) is 33.6 Å². The number of nitrogens with zero attached hydrogens (tertiary/aromatic N) is 6. The summed E-state index contributed by atoms with van der Waals surface area (Å²) in [5.41, 5.74) is 9.29. The Balaban J connectivity index is 0.000000181. The quantitative estimate of drug-likeness (QED) is 0.255. The summed E-state index contributed by atoms with van der Waals surface area (Å²) in [7, 11) is 0. The van der Waals surface area contributed by atoms with Crippen molar-refractivity contribution in [2.75, 3.05) is 24.7 Å². The standard InChI is InChI=1S/2C8H12N4O4/c2*9-7-10-3-12(8(15)11-7)6-1-4(14)5(2-13)16-6/h2*3-6,13-14H,1-2H2,(H2,9,11,15)/t4-,5-,6+;4-,5-,6-/m11/s1. The Morgan fingerprint density at radius 3 is 1.50 bits per heavy atom. The first-order valence-electron chi connectivity index (χ1n) is 9.53. The summed E-state index contributed by atoms with van der Waals surface area (Å²) < 4.78 is 12.8. The van der Waals surface area contributed by atoms with Gasteiger partial charge in [0.1, 0.15) is 37.3 Å². The molecule has 2 aromatic rings. The zero-order chi connectivity index (χ0) is 23.4. The molecule has 0 amide bonds. The van der Waals surface area contributed by atoms with E-state index in [9.17, 15) is 19.8 Å². The van der Waals surface area contributed by atoms with Crippen LogP contribution in [0.1, 0.15) is 25.3 Å². The normalized spacial score (nSPS) is 29.5. The number of nitrogen functional groups attached to an aromatic ring is 2. The fourth-order valence-corrected chi connectivity index (χ4v) is 3.21. The molecule has 6 atom stereocenters. The SMILES string of the molecule is Nc1ncn([C@@H]2C[C@@H](O)[C@@H](CO)O2)c(=O)n1.Nc1ncn([C@H]2C[C@@H](O)[C@@H](CO)O2)c(=O)n1. The smallest absolute Gasteiger partial charge is 0.354 e. The van der Waals surface area contributed by atoms with E-state index in [2.05, 4.69) is 19.9 Å². The van der Waals surface area contributed by atoms with Gasteiger partial charge in [0.25, 0.3) is 0 Å². The monoisotopic (exact) mass is 456 g/mol. The average Bonchev–Trinajstić information content (AvgIpc) is 3.30. The number of nitrogens with two attached hydrogens (primary N) is 2. The molecule has 4 heterocycles. The maximum atomic E-state index is 11.4. The van der Waals surface area contributed by atoms with Crippen LogP contribution >= 0.6 is 0 Å². The number of hydrogen-bond donors (Lipinski definition) is 6. The Morgan fingerprint density at radius 2 is 1.22 bits per heavy atom. The molecule has 16 heteroatoms. The van der Waals surface area contributed by atoms with Crippen molar-refractivity contribution < 1.29 is 29.9 Å². The molecule has 2 saturated heterocycles. The van der Waals surface area contributed by atoms with Crippen LogP contribution in [0.3, 0.4) is 0 Å². The molecule has 32 heavy (non-hydrogen) atoms. The molecular formula is C16H24N8O8. The molecule has 2 aliphatic rings. The molecule has 0 radical (unpaired) electrons. The van der Waals surface area contributed by atoms with Crippen molar-refractivity contribution in [2.45, 2.75) is 49.7 Å². The maximum absolute atomic E-state index is 11.4. The lowest BCUT2D eigenvalue weighted by Crippen LogP contribution is -2.28. The van der Waals surface area contributed by atoms with E-state index in [0.29, 0.717) is 0 Å². The molecule has 2 aliphatic heterocycles. The molecule has 0 aliphatic carbocycles. The number of aliphatic hydroxyl groups is 4. The van der Waals surface area contributed by atoms with Crippen LogP contribution in [0.4, 0.5) is 11.9 Å². The molecule has 0 aromatic carbocycles. The molecule has 4 rings (SSSR count). The maximum Gasteiger partial charge on any atom is 0.354 e. The second-order valence-corrected chi connectivity index (χ2v) is 7.04. The Bertz CT molecular complexity index is 950. The third-order valence-corrected chi connectivity index (χ3v) is 4.88. The zero-order valence-corrected chi connectivity index (χ0v) is 16.7. The van der Waals surface area contributed by atoms with E-state index in [-0.39, 0.29) is 38.0 Å². The van der Waals surface area contributed by atoms with Gasteiger partial charge in [0.15, 0.2) is 0 Å². The van der Waals surface area contributed by atoms with Crippen molar-refractivity contribution in [1.29, 1.82) is 0 Å². The summed E-state index contributed by atoms with van der Waals surface area (Å²) in [4.78, 5) is 37.1. The van der Waals surface area contributed by atoms with E-state index in [1.165, 1.54) is 12.7 Å². The Morgan fingerprint density at radius 1 is 0.844 bits per heavy atom. The van der Waals surface area contributed by atoms with Gasteiger partial charge in [-0.2, -0.15) is 9.97 Å². The first-order chi connectivity index (χ1) is 15.2. The van der Waals surface area contributed by atoms with Crippen molar-refractivity contribution >= 4 is 11.9 Å². The molecule has 0 spiro atoms. The Hall–Kier alpha value is -3.02. The first kappa shape index (κ1) is 23.6. The highest BCUT2D eigenvalue weighted by molar-refractivity contribution is 5.10. The van der Waals surface area contributed by atoms with Crippen molar-refractivity contribution in [3.63, 3.8) is 0 Å². The van der Waals surface area contributed by atoms with Gasteiger partial charge < -0.3 is 41.4 Å². The second-order valence-electron chi connectivity index (χ2n) is 7.04. The third-order valence-electron chi connectivity index (χ3n) is 4.88. The van der Waals surface area contributed by atoms with Gasteiger partial charge in [-0.25, -0.2) is 19.6 Å². The number of rotatable bonds is 4. The average molecular weight is 456 g/mol. The van der Waals surface area contributed by atoms with Crippen molar-refractivity contribution in [3.8, 4) is 0 Å². The molecule has 2 fully saturated rings. The van der Waals surface area contributed by atoms with Gasteiger partial charge in [-0.3, -0.25) is 9.13 Å². The minimum absolute atomic E-state index is 0.112. The molecule has 8 N–H and O–H groups in total. The topological polar surface area (TPSA) is 247 Å². The number of aliphatic hydroxyl groups excluding tert-OH is 4. The van der Waals surface area contributed by atoms with E-state index in [1.54, 1.807) is 0 Å². The van der Waals surface area contributed by atoms with Crippen LogP contribution < -0.4 is 22.8 Å². The lowest BCUT2D eigenvalue weighted by molar-refractivity contribution is -0.0462. The summed E-state index contributed by atoms with van der Waals surface area (Å²) in [5, 5.41) is 36.8. The molecule has 176 valence electrons. The Kier molecular flexibility index (Phi) is 7.44. The van der Waals surface area contributed by atoms with E-state index >= 15 is 0 Å². The van der Waals surface area contributed by atoms with E-state index in [0.717, 1.165) is 9.13 Å². The second kappa shape index (κ2) is 10.1. The van der Waals surface area contributed by atoms with Crippen molar-refractivity contribution in [2.24, 2.45) is 0 Å². The summed E-state index contributed by atoms with van der Waals surface area (Å²) in [6, 6.07) is 0. The minimum atomic E-state index is -0.806. The number of ether oxygens (including phenoxy) is 2. The zero-order valence-electron chi connectivity index (χ0n) is 16.7. The molecular weight excluding hydrogens is 432 g/mol. The highest BCUT2D eigenvalue weighted by atomic mass is 16.5. The fourth-order valence-electron chi connectivity index (χ4n) is 3.21. The third kappa shape index (κ3) is 5.23. The lowest BCUT2D eigenvalue weighted by Gasteiger charge is -2.13. The summed E-state index contributed by atoms with van der Waals surface area (Å²) in [5.74, 6) is -0.225. The van der Waals surface area contributed by atoms with Crippen LogP contribution in [0.2, 0.25) is 0 Å². The highest BCUT2D eigenvalue weighted by Gasteiger charge is 2.36. The van der Waals surface area contributed by atoms with Crippen molar-refractivity contribution in [1.82, 2.24) is 29.1 Å². The van der Waals surface area contributed by atoms with Crippen LogP contribution in [0.25, 0.3) is 0 Å². The predicted molar refractivity (Wildman–Crippen MR) is 105 cm³/mol. The van der Waals surface area contributed by atoms with Gasteiger partial charge in [0.05, 0.1) is 25.4 Å². The van der Waals surface area contributed by atoms with Crippen LogP contribution in [0, 0.1) is 0 Å². The molecule has 0 bridgehead atoms. The minimum Gasteiger partial charge on any atom is -0.394 e. The van der Waals surface area contributed by atoms with Gasteiger partial charge in [-0.15, -0.1) is 0 Å². The number of hydrogen-bond acceptors (Lipinski definition) is 14. The van der Waals surface area contributed by atoms with E-state index in [1.807, 2.05) is 0 Å². The molecule has 0 unspecified atom stereocenters. The van der Waals surface area contributed by atoms with Gasteiger partial charge in [0.2, 0.25) is 11.9 Å². The van der Waals surface area contributed by atoms with E-state index in [4.69, 9.17) is 31.2 Å². The van der Waals surface area contributed by atoms with Gasteiger partial charge in [-0.05, 0) is 0 Å². The van der Waals surface area contributed by atoms with Crippen LogP contribution in [0.5, 0.6) is 0 Å². The van der Waals surface area contributed by atoms with Crippen LogP contribution in [-0.2, 0) is 9.47 Å². The largest absolute Gasteiger partial charge is 0.394 e. The van der Waals surface area contributed by atoms with E-state index < -0.39 is 48.3 Å².